The molecule has 0 amide bonds. The lowest BCUT2D eigenvalue weighted by molar-refractivity contribution is -0.134. The van der Waals surface area contributed by atoms with E-state index in [1.807, 2.05) is 4.72 Å². The molecule has 0 aliphatic carbocycles. The number of carboxylic acids is 1. The normalized spacial score (nSPS) is 10.6. The van der Waals surface area contributed by atoms with Crippen LogP contribution in [0.4, 0.5) is 5.69 Å². The van der Waals surface area contributed by atoms with Crippen molar-refractivity contribution in [3.05, 3.63) is 28.2 Å². The molecular formula is C9H7BrN2O4S. The third-order valence-corrected chi connectivity index (χ3v) is 3.33. The average Bonchev–Trinajstić information content (AvgIpc) is 2.14. The number of sulfonamides is 1. The Morgan fingerprint density at radius 2 is 2.18 bits per heavy atom. The molecule has 6 nitrogen and oxygen atoms in total. The van der Waals surface area contributed by atoms with Gasteiger partial charge in [-0.1, -0.05) is 15.9 Å². The van der Waals surface area contributed by atoms with Crippen molar-refractivity contribution in [1.82, 2.24) is 0 Å². The van der Waals surface area contributed by atoms with Crippen molar-refractivity contribution in [1.29, 1.82) is 5.26 Å². The molecule has 0 fully saturated rings. The largest absolute Gasteiger partial charge is 0.480 e. The van der Waals surface area contributed by atoms with Gasteiger partial charge in [-0.25, -0.2) is 8.42 Å². The topological polar surface area (TPSA) is 107 Å². The summed E-state index contributed by atoms with van der Waals surface area (Å²) in [5, 5.41) is 17.2. The van der Waals surface area contributed by atoms with Crippen LogP contribution in [0.2, 0.25) is 0 Å². The van der Waals surface area contributed by atoms with Gasteiger partial charge < -0.3 is 5.11 Å². The first-order valence-electron chi connectivity index (χ1n) is 4.26. The van der Waals surface area contributed by atoms with E-state index in [4.69, 9.17) is 10.4 Å². The van der Waals surface area contributed by atoms with Crippen LogP contribution in [0.25, 0.3) is 0 Å². The first kappa shape index (κ1) is 13.5. The van der Waals surface area contributed by atoms with Crippen LogP contribution in [0.1, 0.15) is 5.56 Å². The van der Waals surface area contributed by atoms with Gasteiger partial charge in [0.05, 0.1) is 11.3 Å². The SMILES string of the molecule is N#Cc1ccc(Br)cc1NS(=O)(=O)CC(=O)O. The molecule has 17 heavy (non-hydrogen) atoms. The molecule has 0 saturated carbocycles. The highest BCUT2D eigenvalue weighted by atomic mass is 79.9. The molecule has 0 heterocycles. The maximum atomic E-state index is 11.4. The Morgan fingerprint density at radius 1 is 1.53 bits per heavy atom. The van der Waals surface area contributed by atoms with Crippen molar-refractivity contribution in [2.75, 3.05) is 10.5 Å². The minimum Gasteiger partial charge on any atom is -0.480 e. The average molecular weight is 319 g/mol. The van der Waals surface area contributed by atoms with Crippen molar-refractivity contribution in [2.24, 2.45) is 0 Å². The minimum absolute atomic E-state index is 0.0446. The fraction of sp³-hybridized carbons (Fsp3) is 0.111. The molecule has 90 valence electrons. The van der Waals surface area contributed by atoms with Crippen LogP contribution in [0.5, 0.6) is 0 Å². The van der Waals surface area contributed by atoms with Crippen LogP contribution < -0.4 is 4.72 Å². The van der Waals surface area contributed by atoms with E-state index < -0.39 is 21.7 Å². The summed E-state index contributed by atoms with van der Waals surface area (Å²) in [5.41, 5.74) is 0.158. The van der Waals surface area contributed by atoms with E-state index in [0.29, 0.717) is 4.47 Å². The Morgan fingerprint density at radius 3 is 2.71 bits per heavy atom. The van der Waals surface area contributed by atoms with Crippen LogP contribution in [0, 0.1) is 11.3 Å². The maximum absolute atomic E-state index is 11.4. The van der Waals surface area contributed by atoms with Crippen LogP contribution in [-0.2, 0) is 14.8 Å². The maximum Gasteiger partial charge on any atom is 0.320 e. The van der Waals surface area contributed by atoms with E-state index in [1.165, 1.54) is 12.1 Å². The summed E-state index contributed by atoms with van der Waals surface area (Å²) in [4.78, 5) is 10.3. The van der Waals surface area contributed by atoms with Gasteiger partial charge in [0.1, 0.15) is 6.07 Å². The molecule has 0 aromatic heterocycles. The van der Waals surface area contributed by atoms with Gasteiger partial charge in [0, 0.05) is 4.47 Å². The number of anilines is 1. The zero-order valence-corrected chi connectivity index (χ0v) is 10.7. The Bertz CT molecular complexity index is 592. The van der Waals surface area contributed by atoms with Gasteiger partial charge in [0.2, 0.25) is 10.0 Å². The molecule has 0 saturated heterocycles. The molecule has 0 aliphatic heterocycles. The second-order valence-corrected chi connectivity index (χ2v) is 5.69. The second-order valence-electron chi connectivity index (χ2n) is 3.06. The number of aliphatic carboxylic acids is 1. The predicted octanol–water partition coefficient (Wildman–Crippen LogP) is 1.15. The first-order chi connectivity index (χ1) is 7.84. The summed E-state index contributed by atoms with van der Waals surface area (Å²) in [6, 6.07) is 6.19. The third-order valence-electron chi connectivity index (χ3n) is 1.68. The zero-order valence-electron chi connectivity index (χ0n) is 8.34. The lowest BCUT2D eigenvalue weighted by atomic mass is 10.2. The number of nitrogens with one attached hydrogen (secondary N) is 1. The summed E-state index contributed by atoms with van der Waals surface area (Å²) in [6.45, 7) is 0. The highest BCUT2D eigenvalue weighted by Crippen LogP contribution is 2.21. The van der Waals surface area contributed by atoms with Crippen LogP contribution >= 0.6 is 15.9 Å². The van der Waals surface area contributed by atoms with E-state index >= 15 is 0 Å². The molecule has 1 aromatic carbocycles. The number of carboxylic acid groups (broad SMARTS) is 1. The van der Waals surface area contributed by atoms with Crippen molar-refractivity contribution in [2.45, 2.75) is 0 Å². The number of hydrogen-bond acceptors (Lipinski definition) is 4. The highest BCUT2D eigenvalue weighted by Gasteiger charge is 2.17. The molecule has 0 spiro atoms. The number of nitrogens with zero attached hydrogens (tertiary/aromatic N) is 1. The monoisotopic (exact) mass is 318 g/mol. The molecule has 2 N–H and O–H groups in total. The summed E-state index contributed by atoms with van der Waals surface area (Å²) < 4.78 is 25.4. The van der Waals surface area contributed by atoms with Gasteiger partial charge >= 0.3 is 5.97 Å². The Kier molecular flexibility index (Phi) is 4.09. The first-order valence-corrected chi connectivity index (χ1v) is 6.70. The van der Waals surface area contributed by atoms with Gasteiger partial charge in [-0.3, -0.25) is 9.52 Å². The minimum atomic E-state index is -4.00. The van der Waals surface area contributed by atoms with Gasteiger partial charge in [-0.15, -0.1) is 0 Å². The number of rotatable bonds is 4. The molecule has 1 aromatic rings. The number of halogens is 1. The lowest BCUT2D eigenvalue weighted by Gasteiger charge is -2.07. The number of nitriles is 1. The lowest BCUT2D eigenvalue weighted by Crippen LogP contribution is -2.22. The fourth-order valence-corrected chi connectivity index (χ4v) is 2.33. The third kappa shape index (κ3) is 4.05. The molecule has 1 rings (SSSR count). The standard InChI is InChI=1S/C9H7BrN2O4S/c10-7-2-1-6(4-11)8(3-7)12-17(15,16)5-9(13)14/h1-3,12H,5H2,(H,13,14). The molecule has 0 unspecified atom stereocenters. The summed E-state index contributed by atoms with van der Waals surface area (Å²) in [6.07, 6.45) is 0. The van der Waals surface area contributed by atoms with E-state index in [2.05, 4.69) is 15.9 Å². The number of hydrogen-bond donors (Lipinski definition) is 2. The summed E-state index contributed by atoms with van der Waals surface area (Å²) in [5.74, 6) is -2.52. The van der Waals surface area contributed by atoms with Gasteiger partial charge in [-0.05, 0) is 18.2 Å². The summed E-state index contributed by atoms with van der Waals surface area (Å²) in [7, 11) is -4.00. The fourth-order valence-electron chi connectivity index (χ4n) is 1.06. The quantitative estimate of drug-likeness (QED) is 0.865. The van der Waals surface area contributed by atoms with Crippen LogP contribution in [0.15, 0.2) is 22.7 Å². The highest BCUT2D eigenvalue weighted by molar-refractivity contribution is 9.10. The summed E-state index contributed by atoms with van der Waals surface area (Å²) >= 11 is 3.12. The van der Waals surface area contributed by atoms with Crippen molar-refractivity contribution in [3.63, 3.8) is 0 Å². The predicted molar refractivity (Wildman–Crippen MR) is 63.9 cm³/mol. The molecule has 0 aliphatic rings. The van der Waals surface area contributed by atoms with Crippen LogP contribution in [-0.4, -0.2) is 25.2 Å². The Hall–Kier alpha value is -1.59. The number of benzene rings is 1. The van der Waals surface area contributed by atoms with E-state index in [1.54, 1.807) is 12.1 Å². The number of carbonyl (C=O) groups is 1. The van der Waals surface area contributed by atoms with E-state index in [9.17, 15) is 13.2 Å². The van der Waals surface area contributed by atoms with Crippen molar-refractivity contribution >= 4 is 37.6 Å². The molecule has 0 radical (unpaired) electrons. The molecular weight excluding hydrogens is 312 g/mol. The Balaban J connectivity index is 3.07. The molecule has 0 bridgehead atoms. The molecule has 0 atom stereocenters. The van der Waals surface area contributed by atoms with E-state index in [-0.39, 0.29) is 11.3 Å². The van der Waals surface area contributed by atoms with Gasteiger partial charge in [0.15, 0.2) is 5.75 Å². The van der Waals surface area contributed by atoms with Gasteiger partial charge in [0.25, 0.3) is 0 Å². The van der Waals surface area contributed by atoms with E-state index in [0.717, 1.165) is 0 Å². The van der Waals surface area contributed by atoms with Crippen LogP contribution in [0.3, 0.4) is 0 Å². The van der Waals surface area contributed by atoms with Crippen molar-refractivity contribution < 1.29 is 18.3 Å². The molecule has 8 heteroatoms. The van der Waals surface area contributed by atoms with Crippen molar-refractivity contribution in [3.8, 4) is 6.07 Å². The smallest absolute Gasteiger partial charge is 0.320 e. The Labute approximate surface area is 106 Å². The second kappa shape index (κ2) is 5.16. The van der Waals surface area contributed by atoms with Gasteiger partial charge in [-0.2, -0.15) is 5.26 Å². The zero-order chi connectivity index (χ0) is 13.1.